The minimum atomic E-state index is -2.43. The van der Waals surface area contributed by atoms with Crippen LogP contribution in [0.15, 0.2) is 0 Å². The third kappa shape index (κ3) is 2.42. The second kappa shape index (κ2) is 3.74. The molecule has 0 spiro atoms. The summed E-state index contributed by atoms with van der Waals surface area (Å²) < 4.78 is 25.8. The van der Waals surface area contributed by atoms with Crippen LogP contribution >= 0.6 is 0 Å². The lowest BCUT2D eigenvalue weighted by atomic mass is 10.1. The Kier molecular flexibility index (Phi) is 2.75. The molecule has 1 aliphatic carbocycles. The molecule has 1 heterocycles. The van der Waals surface area contributed by atoms with E-state index in [0.29, 0.717) is 13.0 Å². The van der Waals surface area contributed by atoms with E-state index in [2.05, 4.69) is 4.90 Å². The summed E-state index contributed by atoms with van der Waals surface area (Å²) in [4.78, 5) is 2.11. The van der Waals surface area contributed by atoms with E-state index >= 15 is 0 Å². The second-order valence-electron chi connectivity index (χ2n) is 4.67. The Labute approximate surface area is 82.9 Å². The number of hydrogen-bond acceptors (Lipinski definition) is 2. The number of aliphatic hydroxyl groups excluding tert-OH is 1. The zero-order valence-electron chi connectivity index (χ0n) is 8.25. The molecule has 0 aromatic heterocycles. The van der Waals surface area contributed by atoms with Crippen molar-refractivity contribution in [3.63, 3.8) is 0 Å². The number of nitrogens with zero attached hydrogens (tertiary/aromatic N) is 1. The number of hydrogen-bond donors (Lipinski definition) is 1. The van der Waals surface area contributed by atoms with Crippen LogP contribution < -0.4 is 0 Å². The van der Waals surface area contributed by atoms with Crippen molar-refractivity contribution in [2.45, 2.75) is 37.7 Å². The fourth-order valence-electron chi connectivity index (χ4n) is 2.54. The third-order valence-electron chi connectivity index (χ3n) is 3.27. The minimum absolute atomic E-state index is 0.0413. The van der Waals surface area contributed by atoms with Crippen molar-refractivity contribution < 1.29 is 13.9 Å². The van der Waals surface area contributed by atoms with Crippen LogP contribution in [0.3, 0.4) is 0 Å². The quantitative estimate of drug-likeness (QED) is 0.738. The Morgan fingerprint density at radius 1 is 1.36 bits per heavy atom. The molecule has 1 N–H and O–H groups in total. The number of β-amino-alcohol motifs (C(OH)–C–C–N with tert-alkyl or cyclic N) is 1. The molecule has 0 radical (unpaired) electrons. The topological polar surface area (TPSA) is 23.5 Å². The van der Waals surface area contributed by atoms with E-state index in [4.69, 9.17) is 0 Å². The standard InChI is InChI=1S/C10H17F2NO/c11-10(12)3-1-8(5-10)6-13-4-2-9(14)7-13/h8-9,14H,1-7H2. The van der Waals surface area contributed by atoms with Gasteiger partial charge < -0.3 is 10.0 Å². The lowest BCUT2D eigenvalue weighted by molar-refractivity contribution is 0.00365. The zero-order chi connectivity index (χ0) is 10.2. The molecule has 82 valence electrons. The molecule has 2 nitrogen and oxygen atoms in total. The number of halogens is 2. The maximum Gasteiger partial charge on any atom is 0.248 e. The average molecular weight is 205 g/mol. The molecule has 14 heavy (non-hydrogen) atoms. The summed E-state index contributed by atoms with van der Waals surface area (Å²) in [6, 6.07) is 0. The van der Waals surface area contributed by atoms with Crippen LogP contribution in [0.1, 0.15) is 25.7 Å². The third-order valence-corrected chi connectivity index (χ3v) is 3.27. The lowest BCUT2D eigenvalue weighted by Gasteiger charge is -2.19. The van der Waals surface area contributed by atoms with Gasteiger partial charge in [0.05, 0.1) is 6.10 Å². The molecular formula is C10H17F2NO. The molecule has 2 rings (SSSR count). The van der Waals surface area contributed by atoms with Gasteiger partial charge in [0.2, 0.25) is 5.92 Å². The first-order valence-corrected chi connectivity index (χ1v) is 5.33. The van der Waals surface area contributed by atoms with Crippen molar-refractivity contribution in [1.29, 1.82) is 0 Å². The van der Waals surface area contributed by atoms with Crippen molar-refractivity contribution >= 4 is 0 Å². The molecule has 4 heteroatoms. The summed E-state index contributed by atoms with van der Waals surface area (Å²) in [6.07, 6.45) is 1.29. The van der Waals surface area contributed by atoms with Crippen molar-refractivity contribution in [1.82, 2.24) is 4.90 Å². The van der Waals surface area contributed by atoms with Gasteiger partial charge in [0, 0.05) is 32.5 Å². The average Bonchev–Trinajstić information content (AvgIpc) is 2.59. The molecule has 1 saturated carbocycles. The van der Waals surface area contributed by atoms with E-state index in [1.165, 1.54) is 0 Å². The van der Waals surface area contributed by atoms with Crippen LogP contribution in [0, 0.1) is 5.92 Å². The highest BCUT2D eigenvalue weighted by molar-refractivity contribution is 4.85. The number of alkyl halides is 2. The van der Waals surface area contributed by atoms with E-state index in [1.54, 1.807) is 0 Å². The summed E-state index contributed by atoms with van der Waals surface area (Å²) in [7, 11) is 0. The van der Waals surface area contributed by atoms with Crippen molar-refractivity contribution in [3.05, 3.63) is 0 Å². The molecule has 0 aromatic carbocycles. The molecule has 0 bridgehead atoms. The SMILES string of the molecule is OC1CCN(CC2CCC(F)(F)C2)C1. The van der Waals surface area contributed by atoms with Crippen molar-refractivity contribution in [3.8, 4) is 0 Å². The first kappa shape index (κ1) is 10.3. The highest BCUT2D eigenvalue weighted by Gasteiger charge is 2.40. The molecule has 1 saturated heterocycles. The number of aliphatic hydroxyl groups is 1. The minimum Gasteiger partial charge on any atom is -0.392 e. The Balaban J connectivity index is 1.76. The normalized spacial score (nSPS) is 37.9. The van der Waals surface area contributed by atoms with E-state index in [9.17, 15) is 13.9 Å². The molecule has 0 amide bonds. The fraction of sp³-hybridized carbons (Fsp3) is 1.00. The predicted molar refractivity (Wildman–Crippen MR) is 49.4 cm³/mol. The largest absolute Gasteiger partial charge is 0.392 e. The predicted octanol–water partition coefficient (Wildman–Crippen LogP) is 1.49. The number of likely N-dealkylation sites (tertiary alicyclic amines) is 1. The van der Waals surface area contributed by atoms with Gasteiger partial charge in [0.25, 0.3) is 0 Å². The van der Waals surface area contributed by atoms with Gasteiger partial charge in [-0.05, 0) is 18.8 Å². The van der Waals surface area contributed by atoms with Crippen LogP contribution in [0.25, 0.3) is 0 Å². The smallest absolute Gasteiger partial charge is 0.248 e. The summed E-state index contributed by atoms with van der Waals surface area (Å²) in [5.41, 5.74) is 0. The van der Waals surface area contributed by atoms with Gasteiger partial charge in [0.1, 0.15) is 0 Å². The fourth-order valence-corrected chi connectivity index (χ4v) is 2.54. The van der Waals surface area contributed by atoms with E-state index < -0.39 is 5.92 Å². The molecule has 2 fully saturated rings. The molecule has 1 aliphatic heterocycles. The molecule has 2 atom stereocenters. The molecular weight excluding hydrogens is 188 g/mol. The Morgan fingerprint density at radius 2 is 2.14 bits per heavy atom. The van der Waals surface area contributed by atoms with Gasteiger partial charge in [-0.1, -0.05) is 0 Å². The highest BCUT2D eigenvalue weighted by atomic mass is 19.3. The Hall–Kier alpha value is -0.220. The summed E-state index contributed by atoms with van der Waals surface area (Å²) >= 11 is 0. The summed E-state index contributed by atoms with van der Waals surface area (Å²) in [6.45, 7) is 2.28. The van der Waals surface area contributed by atoms with Gasteiger partial charge in [-0.25, -0.2) is 8.78 Å². The monoisotopic (exact) mass is 205 g/mol. The van der Waals surface area contributed by atoms with Crippen LogP contribution in [0.2, 0.25) is 0 Å². The molecule has 2 aliphatic rings. The molecule has 2 unspecified atom stereocenters. The van der Waals surface area contributed by atoms with Gasteiger partial charge in [-0.3, -0.25) is 0 Å². The maximum atomic E-state index is 12.9. The van der Waals surface area contributed by atoms with Crippen molar-refractivity contribution in [2.24, 2.45) is 5.92 Å². The van der Waals surface area contributed by atoms with Gasteiger partial charge in [0.15, 0.2) is 0 Å². The van der Waals surface area contributed by atoms with E-state index in [1.807, 2.05) is 0 Å². The lowest BCUT2D eigenvalue weighted by Crippen LogP contribution is -2.28. The Morgan fingerprint density at radius 3 is 2.64 bits per heavy atom. The molecule has 0 aromatic rings. The van der Waals surface area contributed by atoms with E-state index in [0.717, 1.165) is 19.5 Å². The van der Waals surface area contributed by atoms with Gasteiger partial charge in [-0.2, -0.15) is 0 Å². The van der Waals surface area contributed by atoms with E-state index in [-0.39, 0.29) is 24.9 Å². The first-order valence-electron chi connectivity index (χ1n) is 5.33. The van der Waals surface area contributed by atoms with Gasteiger partial charge in [-0.15, -0.1) is 0 Å². The zero-order valence-corrected chi connectivity index (χ0v) is 8.25. The summed E-state index contributed by atoms with van der Waals surface area (Å²) in [5.74, 6) is -2.29. The van der Waals surface area contributed by atoms with Crippen LogP contribution in [-0.4, -0.2) is 41.7 Å². The first-order chi connectivity index (χ1) is 6.55. The Bertz CT molecular complexity index is 210. The van der Waals surface area contributed by atoms with Crippen LogP contribution in [0.4, 0.5) is 8.78 Å². The van der Waals surface area contributed by atoms with Crippen LogP contribution in [-0.2, 0) is 0 Å². The van der Waals surface area contributed by atoms with Crippen molar-refractivity contribution in [2.75, 3.05) is 19.6 Å². The van der Waals surface area contributed by atoms with Crippen LogP contribution in [0.5, 0.6) is 0 Å². The maximum absolute atomic E-state index is 12.9. The van der Waals surface area contributed by atoms with Gasteiger partial charge >= 0.3 is 0 Å². The summed E-state index contributed by atoms with van der Waals surface area (Å²) in [5, 5.41) is 9.29. The second-order valence-corrected chi connectivity index (χ2v) is 4.67. The highest BCUT2D eigenvalue weighted by Crippen LogP contribution is 2.39. The number of rotatable bonds is 2.